The summed E-state index contributed by atoms with van der Waals surface area (Å²) in [6.07, 6.45) is -2.47. The summed E-state index contributed by atoms with van der Waals surface area (Å²) in [6.45, 7) is 0.362. The number of hydrogen-bond donors (Lipinski definition) is 1. The van der Waals surface area contributed by atoms with Crippen molar-refractivity contribution < 1.29 is 24.1 Å². The first-order valence-electron chi connectivity index (χ1n) is 6.53. The topological polar surface area (TPSA) is 57.2 Å². The van der Waals surface area contributed by atoms with Crippen LogP contribution in [-0.4, -0.2) is 48.3 Å². The molecule has 0 spiro atoms. The maximum Gasteiger partial charge on any atom is 0.184 e. The highest BCUT2D eigenvalue weighted by Gasteiger charge is 2.48. The lowest BCUT2D eigenvalue weighted by atomic mass is 10.00. The Kier molecular flexibility index (Phi) is 4.40. The molecule has 6 atom stereocenters. The van der Waals surface area contributed by atoms with Gasteiger partial charge in [-0.2, -0.15) is 0 Å². The third-order valence-corrected chi connectivity index (χ3v) is 4.57. The average molecular weight is 345 g/mol. The molecule has 0 amide bonds. The van der Waals surface area contributed by atoms with Crippen molar-refractivity contribution in [1.29, 1.82) is 0 Å². The molecule has 20 heavy (non-hydrogen) atoms. The highest BCUT2D eigenvalue weighted by molar-refractivity contribution is 9.09. The molecule has 2 fully saturated rings. The van der Waals surface area contributed by atoms with E-state index in [2.05, 4.69) is 15.9 Å². The summed E-state index contributed by atoms with van der Waals surface area (Å²) in [5.41, 5.74) is 0.929. The van der Waals surface area contributed by atoms with Crippen LogP contribution < -0.4 is 0 Å². The van der Waals surface area contributed by atoms with Crippen molar-refractivity contribution in [3.05, 3.63) is 35.9 Å². The molecule has 1 N–H and O–H groups in total. The zero-order valence-corrected chi connectivity index (χ0v) is 12.6. The molecular weight excluding hydrogens is 328 g/mol. The van der Waals surface area contributed by atoms with Crippen LogP contribution in [0.3, 0.4) is 0 Å². The number of aliphatic hydroxyl groups is 1. The van der Waals surface area contributed by atoms with Gasteiger partial charge in [0.25, 0.3) is 0 Å². The van der Waals surface area contributed by atoms with Crippen LogP contribution in [0.2, 0.25) is 0 Å². The van der Waals surface area contributed by atoms with Gasteiger partial charge in [0.05, 0.1) is 11.4 Å². The van der Waals surface area contributed by atoms with Gasteiger partial charge in [-0.3, -0.25) is 0 Å². The SMILES string of the molecule is CO[C@H]1O[C@@H]2COC(c3ccccc3)O[C@H]2[C@@H](O)[C@@H]1Br. The molecule has 1 aromatic rings. The largest absolute Gasteiger partial charge is 0.389 e. The van der Waals surface area contributed by atoms with Crippen LogP contribution in [-0.2, 0) is 18.9 Å². The number of halogens is 1. The smallest absolute Gasteiger partial charge is 0.184 e. The van der Waals surface area contributed by atoms with Gasteiger partial charge in [-0.15, -0.1) is 0 Å². The van der Waals surface area contributed by atoms with E-state index in [0.29, 0.717) is 6.61 Å². The van der Waals surface area contributed by atoms with Crippen molar-refractivity contribution in [3.8, 4) is 0 Å². The summed E-state index contributed by atoms with van der Waals surface area (Å²) in [7, 11) is 1.54. The average Bonchev–Trinajstić information content (AvgIpc) is 2.51. The zero-order chi connectivity index (χ0) is 14.1. The van der Waals surface area contributed by atoms with E-state index in [1.807, 2.05) is 30.3 Å². The molecule has 3 rings (SSSR count). The Bertz CT molecular complexity index is 440. The van der Waals surface area contributed by atoms with Gasteiger partial charge in [-0.1, -0.05) is 46.3 Å². The molecule has 0 aromatic heterocycles. The number of benzene rings is 1. The number of aliphatic hydroxyl groups excluding tert-OH is 1. The van der Waals surface area contributed by atoms with E-state index >= 15 is 0 Å². The molecule has 2 aliphatic heterocycles. The Balaban J connectivity index is 1.74. The van der Waals surface area contributed by atoms with Crippen molar-refractivity contribution in [2.45, 2.75) is 35.7 Å². The van der Waals surface area contributed by atoms with Gasteiger partial charge in [0.15, 0.2) is 12.6 Å². The number of fused-ring (bicyclic) bond motifs is 1. The first-order chi connectivity index (χ1) is 9.70. The van der Waals surface area contributed by atoms with E-state index in [4.69, 9.17) is 18.9 Å². The van der Waals surface area contributed by atoms with Crippen LogP contribution in [0.4, 0.5) is 0 Å². The number of methoxy groups -OCH3 is 1. The van der Waals surface area contributed by atoms with Gasteiger partial charge in [0, 0.05) is 12.7 Å². The molecule has 2 heterocycles. The fourth-order valence-corrected chi connectivity index (χ4v) is 3.17. The van der Waals surface area contributed by atoms with E-state index in [9.17, 15) is 5.11 Å². The second kappa shape index (κ2) is 6.09. The summed E-state index contributed by atoms with van der Waals surface area (Å²) in [4.78, 5) is -0.330. The van der Waals surface area contributed by atoms with Crippen LogP contribution in [0.25, 0.3) is 0 Å². The molecule has 0 radical (unpaired) electrons. The van der Waals surface area contributed by atoms with Crippen molar-refractivity contribution in [2.24, 2.45) is 0 Å². The van der Waals surface area contributed by atoms with Gasteiger partial charge in [-0.05, 0) is 0 Å². The molecular formula is C14H17BrO5. The fraction of sp³-hybridized carbons (Fsp3) is 0.571. The molecule has 0 bridgehead atoms. The number of hydrogen-bond acceptors (Lipinski definition) is 5. The summed E-state index contributed by atoms with van der Waals surface area (Å²) in [5.74, 6) is 0. The maximum absolute atomic E-state index is 10.4. The van der Waals surface area contributed by atoms with Crippen molar-refractivity contribution >= 4 is 15.9 Å². The third kappa shape index (κ3) is 2.64. The van der Waals surface area contributed by atoms with Crippen LogP contribution in [0, 0.1) is 0 Å². The van der Waals surface area contributed by atoms with Crippen LogP contribution >= 0.6 is 15.9 Å². The Morgan fingerprint density at radius 2 is 2.00 bits per heavy atom. The van der Waals surface area contributed by atoms with Gasteiger partial charge in [0.1, 0.15) is 18.3 Å². The van der Waals surface area contributed by atoms with E-state index in [0.717, 1.165) is 5.56 Å². The molecule has 1 unspecified atom stereocenters. The lowest BCUT2D eigenvalue weighted by Gasteiger charge is -2.46. The van der Waals surface area contributed by atoms with E-state index in [-0.39, 0.29) is 10.9 Å². The Labute approximate surface area is 125 Å². The van der Waals surface area contributed by atoms with E-state index in [1.165, 1.54) is 0 Å². The summed E-state index contributed by atoms with van der Waals surface area (Å²) < 4.78 is 22.5. The van der Waals surface area contributed by atoms with Crippen LogP contribution in [0.1, 0.15) is 11.9 Å². The molecule has 1 aromatic carbocycles. The van der Waals surface area contributed by atoms with Gasteiger partial charge in [0.2, 0.25) is 0 Å². The van der Waals surface area contributed by atoms with Crippen molar-refractivity contribution in [3.63, 3.8) is 0 Å². The molecule has 0 aliphatic carbocycles. The standard InChI is InChI=1S/C14H17BrO5/c1-17-14-10(15)11(16)12-9(19-14)7-18-13(20-12)8-5-3-2-4-6-8/h2-6,9-14,16H,7H2,1H3/t9-,10+,11+,12-,13?,14+/m1/s1. The Morgan fingerprint density at radius 1 is 1.25 bits per heavy atom. The number of rotatable bonds is 2. The van der Waals surface area contributed by atoms with Crippen LogP contribution in [0.5, 0.6) is 0 Å². The van der Waals surface area contributed by atoms with E-state index < -0.39 is 24.8 Å². The summed E-state index contributed by atoms with van der Waals surface area (Å²) >= 11 is 3.40. The molecule has 2 aliphatic rings. The Hall–Kier alpha value is -0.500. The molecule has 6 heteroatoms. The number of ether oxygens (including phenoxy) is 4. The fourth-order valence-electron chi connectivity index (χ4n) is 2.52. The highest BCUT2D eigenvalue weighted by Crippen LogP contribution is 2.36. The summed E-state index contributed by atoms with van der Waals surface area (Å²) in [6, 6.07) is 9.66. The maximum atomic E-state index is 10.4. The Morgan fingerprint density at radius 3 is 2.70 bits per heavy atom. The van der Waals surface area contributed by atoms with Gasteiger partial charge < -0.3 is 24.1 Å². The third-order valence-electron chi connectivity index (χ3n) is 3.59. The van der Waals surface area contributed by atoms with E-state index in [1.54, 1.807) is 7.11 Å². The number of alkyl halides is 1. The van der Waals surface area contributed by atoms with Gasteiger partial charge >= 0.3 is 0 Å². The predicted molar refractivity (Wildman–Crippen MR) is 74.4 cm³/mol. The molecule has 110 valence electrons. The second-order valence-electron chi connectivity index (χ2n) is 4.89. The zero-order valence-electron chi connectivity index (χ0n) is 11.0. The minimum absolute atomic E-state index is 0.330. The normalized spacial score (nSPS) is 41.1. The first-order valence-corrected chi connectivity index (χ1v) is 7.44. The molecule has 0 saturated carbocycles. The minimum Gasteiger partial charge on any atom is -0.389 e. The lowest BCUT2D eigenvalue weighted by molar-refractivity contribution is -0.331. The second-order valence-corrected chi connectivity index (χ2v) is 5.95. The van der Waals surface area contributed by atoms with Gasteiger partial charge in [-0.25, -0.2) is 0 Å². The highest BCUT2D eigenvalue weighted by atomic mass is 79.9. The monoisotopic (exact) mass is 344 g/mol. The molecule has 2 saturated heterocycles. The predicted octanol–water partition coefficient (Wildman–Crippen LogP) is 1.60. The van der Waals surface area contributed by atoms with Crippen LogP contribution in [0.15, 0.2) is 30.3 Å². The minimum atomic E-state index is -0.714. The first kappa shape index (κ1) is 14.4. The lowest BCUT2D eigenvalue weighted by Crippen LogP contribution is -2.60. The quantitative estimate of drug-likeness (QED) is 0.826. The molecule has 5 nitrogen and oxygen atoms in total. The summed E-state index contributed by atoms with van der Waals surface area (Å²) in [5, 5.41) is 10.4. The van der Waals surface area contributed by atoms with Crippen molar-refractivity contribution in [2.75, 3.05) is 13.7 Å². The van der Waals surface area contributed by atoms with Crippen molar-refractivity contribution in [1.82, 2.24) is 0 Å².